The molecule has 0 aromatic heterocycles. The third-order valence-electron chi connectivity index (χ3n) is 5.79. The van der Waals surface area contributed by atoms with E-state index in [-0.39, 0.29) is 12.2 Å². The molecule has 0 spiro atoms. The van der Waals surface area contributed by atoms with Crippen LogP contribution in [0.5, 0.6) is 0 Å². The fourth-order valence-electron chi connectivity index (χ4n) is 3.91. The first-order valence-corrected chi connectivity index (χ1v) is 11.5. The molecule has 1 aliphatic heterocycles. The molecule has 3 aromatic rings. The van der Waals surface area contributed by atoms with Crippen molar-refractivity contribution in [2.45, 2.75) is 37.4 Å². The first-order valence-electron chi connectivity index (χ1n) is 11.5. The molecule has 0 radical (unpaired) electrons. The van der Waals surface area contributed by atoms with Gasteiger partial charge in [0.15, 0.2) is 12.2 Å². The molecule has 8 nitrogen and oxygen atoms in total. The number of esters is 3. The van der Waals surface area contributed by atoms with E-state index in [4.69, 9.17) is 18.9 Å². The van der Waals surface area contributed by atoms with Crippen LogP contribution in [0.25, 0.3) is 0 Å². The molecule has 0 saturated carbocycles. The van der Waals surface area contributed by atoms with Gasteiger partial charge in [-0.15, -0.1) is 0 Å². The Bertz CT molecular complexity index is 1160. The molecule has 1 saturated heterocycles. The van der Waals surface area contributed by atoms with Gasteiger partial charge in [-0.3, -0.25) is 0 Å². The van der Waals surface area contributed by atoms with E-state index < -0.39 is 48.4 Å². The molecule has 1 N–H and O–H groups in total. The second-order valence-corrected chi connectivity index (χ2v) is 8.31. The van der Waals surface area contributed by atoms with Crippen molar-refractivity contribution in [3.8, 4) is 0 Å². The number of benzene rings is 3. The minimum atomic E-state index is -1.44. The maximum absolute atomic E-state index is 12.8. The second-order valence-electron chi connectivity index (χ2n) is 8.31. The molecular weight excluding hydrogens is 464 g/mol. The SMILES string of the molecule is CC1OC(COC(=O)c2ccccc2)C(OC(=O)c2ccccc2)C(O)C1OC(=O)c1ccccc1. The number of hydrogen-bond donors (Lipinski definition) is 1. The third-order valence-corrected chi connectivity index (χ3v) is 5.79. The molecule has 0 amide bonds. The molecular formula is C28H26O8. The number of carbonyl (C=O) groups excluding carboxylic acids is 3. The van der Waals surface area contributed by atoms with Crippen LogP contribution in [0.2, 0.25) is 0 Å². The summed E-state index contributed by atoms with van der Waals surface area (Å²) >= 11 is 0. The lowest BCUT2D eigenvalue weighted by atomic mass is 9.95. The van der Waals surface area contributed by atoms with E-state index in [0.29, 0.717) is 11.1 Å². The van der Waals surface area contributed by atoms with Crippen molar-refractivity contribution >= 4 is 17.9 Å². The van der Waals surface area contributed by atoms with Gasteiger partial charge in [-0.05, 0) is 43.3 Å². The Balaban J connectivity index is 1.52. The molecule has 36 heavy (non-hydrogen) atoms. The van der Waals surface area contributed by atoms with Crippen LogP contribution in [0.3, 0.4) is 0 Å². The third kappa shape index (κ3) is 5.97. The smallest absolute Gasteiger partial charge is 0.338 e. The molecule has 5 unspecified atom stereocenters. The van der Waals surface area contributed by atoms with Gasteiger partial charge in [0.25, 0.3) is 0 Å². The van der Waals surface area contributed by atoms with Gasteiger partial charge >= 0.3 is 17.9 Å². The predicted molar refractivity (Wildman–Crippen MR) is 128 cm³/mol. The highest BCUT2D eigenvalue weighted by Gasteiger charge is 2.48. The summed E-state index contributed by atoms with van der Waals surface area (Å²) in [6.07, 6.45) is -5.62. The monoisotopic (exact) mass is 490 g/mol. The maximum Gasteiger partial charge on any atom is 0.338 e. The number of rotatable bonds is 7. The summed E-state index contributed by atoms with van der Waals surface area (Å²) in [5.41, 5.74) is 0.907. The van der Waals surface area contributed by atoms with Crippen molar-refractivity contribution in [3.05, 3.63) is 108 Å². The van der Waals surface area contributed by atoms with E-state index in [9.17, 15) is 19.5 Å². The Morgan fingerprint density at radius 3 is 1.58 bits per heavy atom. The van der Waals surface area contributed by atoms with E-state index in [1.165, 1.54) is 0 Å². The van der Waals surface area contributed by atoms with Gasteiger partial charge in [0, 0.05) is 0 Å². The largest absolute Gasteiger partial charge is 0.459 e. The van der Waals surface area contributed by atoms with Crippen LogP contribution in [-0.4, -0.2) is 60.1 Å². The number of aliphatic hydroxyl groups is 1. The maximum atomic E-state index is 12.8. The average Bonchev–Trinajstić information content (AvgIpc) is 2.92. The molecule has 8 heteroatoms. The number of hydrogen-bond acceptors (Lipinski definition) is 8. The average molecular weight is 491 g/mol. The first kappa shape index (κ1) is 25.1. The number of carbonyl (C=O) groups is 3. The van der Waals surface area contributed by atoms with Crippen molar-refractivity contribution in [2.24, 2.45) is 0 Å². The van der Waals surface area contributed by atoms with Crippen LogP contribution < -0.4 is 0 Å². The van der Waals surface area contributed by atoms with Crippen LogP contribution >= 0.6 is 0 Å². The normalized spacial score (nSPS) is 23.3. The van der Waals surface area contributed by atoms with E-state index in [1.807, 2.05) is 0 Å². The van der Waals surface area contributed by atoms with Crippen molar-refractivity contribution in [2.75, 3.05) is 6.61 Å². The standard InChI is InChI=1S/C28H26O8/c1-18-24(35-27(31)20-13-7-3-8-14-20)23(29)25(36-28(32)21-15-9-4-10-16-21)22(34-18)17-33-26(30)19-11-5-2-6-12-19/h2-16,18,22-25,29H,17H2,1H3. The van der Waals surface area contributed by atoms with Crippen LogP contribution in [-0.2, 0) is 18.9 Å². The van der Waals surface area contributed by atoms with Crippen molar-refractivity contribution < 1.29 is 38.4 Å². The van der Waals surface area contributed by atoms with Crippen molar-refractivity contribution in [1.82, 2.24) is 0 Å². The number of ether oxygens (including phenoxy) is 4. The Kier molecular flexibility index (Phi) is 8.10. The molecule has 4 rings (SSSR count). The summed E-state index contributed by atoms with van der Waals surface area (Å²) < 4.78 is 22.5. The van der Waals surface area contributed by atoms with Gasteiger partial charge in [-0.25, -0.2) is 14.4 Å². The zero-order valence-corrected chi connectivity index (χ0v) is 19.6. The van der Waals surface area contributed by atoms with Crippen molar-refractivity contribution in [1.29, 1.82) is 0 Å². The quantitative estimate of drug-likeness (QED) is 0.396. The Hall–Kier alpha value is -4.01. The summed E-state index contributed by atoms with van der Waals surface area (Å²) in [6.45, 7) is 1.33. The molecule has 186 valence electrons. The van der Waals surface area contributed by atoms with E-state index in [2.05, 4.69) is 0 Å². The first-order chi connectivity index (χ1) is 17.4. The van der Waals surface area contributed by atoms with Crippen LogP contribution in [0, 0.1) is 0 Å². The molecule has 1 heterocycles. The highest BCUT2D eigenvalue weighted by Crippen LogP contribution is 2.28. The van der Waals surface area contributed by atoms with Gasteiger partial charge < -0.3 is 24.1 Å². The van der Waals surface area contributed by atoms with E-state index in [0.717, 1.165) is 0 Å². The van der Waals surface area contributed by atoms with Gasteiger partial charge in [0.2, 0.25) is 0 Å². The summed E-state index contributed by atoms with van der Waals surface area (Å²) in [5, 5.41) is 11.2. The van der Waals surface area contributed by atoms with Gasteiger partial charge in [-0.1, -0.05) is 54.6 Å². The lowest BCUT2D eigenvalue weighted by molar-refractivity contribution is -0.224. The summed E-state index contributed by atoms with van der Waals surface area (Å²) in [5.74, 6) is -1.95. The highest BCUT2D eigenvalue weighted by molar-refractivity contribution is 5.90. The number of aliphatic hydroxyl groups excluding tert-OH is 1. The van der Waals surface area contributed by atoms with E-state index in [1.54, 1.807) is 97.9 Å². The summed E-state index contributed by atoms with van der Waals surface area (Å²) in [4.78, 5) is 37.9. The lowest BCUT2D eigenvalue weighted by Gasteiger charge is -2.42. The highest BCUT2D eigenvalue weighted by atomic mass is 16.6. The van der Waals surface area contributed by atoms with Gasteiger partial charge in [0.1, 0.15) is 18.8 Å². The van der Waals surface area contributed by atoms with Crippen LogP contribution in [0.15, 0.2) is 91.0 Å². The molecule has 0 bridgehead atoms. The fourth-order valence-corrected chi connectivity index (χ4v) is 3.91. The summed E-state index contributed by atoms with van der Waals surface area (Å²) in [6, 6.07) is 24.9. The Morgan fingerprint density at radius 2 is 1.11 bits per heavy atom. The Labute approximate surface area is 208 Å². The van der Waals surface area contributed by atoms with Gasteiger partial charge in [-0.2, -0.15) is 0 Å². The lowest BCUT2D eigenvalue weighted by Crippen LogP contribution is -2.60. The molecule has 1 aliphatic rings. The minimum absolute atomic E-state index is 0.265. The van der Waals surface area contributed by atoms with Crippen LogP contribution in [0.4, 0.5) is 0 Å². The Morgan fingerprint density at radius 1 is 0.694 bits per heavy atom. The summed E-state index contributed by atoms with van der Waals surface area (Å²) in [7, 11) is 0. The minimum Gasteiger partial charge on any atom is -0.459 e. The van der Waals surface area contributed by atoms with Crippen molar-refractivity contribution in [3.63, 3.8) is 0 Å². The fraction of sp³-hybridized carbons (Fsp3) is 0.250. The topological polar surface area (TPSA) is 108 Å². The predicted octanol–water partition coefficient (Wildman–Crippen LogP) is 3.44. The molecule has 0 aliphatic carbocycles. The second kappa shape index (κ2) is 11.6. The van der Waals surface area contributed by atoms with E-state index >= 15 is 0 Å². The molecule has 5 atom stereocenters. The van der Waals surface area contributed by atoms with Crippen LogP contribution in [0.1, 0.15) is 38.0 Å². The molecule has 3 aromatic carbocycles. The molecule has 1 fully saturated rings. The van der Waals surface area contributed by atoms with Gasteiger partial charge in [0.05, 0.1) is 22.8 Å². The zero-order chi connectivity index (χ0) is 25.5. The zero-order valence-electron chi connectivity index (χ0n) is 19.6.